The molecule has 120 valence electrons. The number of hydrogen-bond donors (Lipinski definition) is 0. The van der Waals surface area contributed by atoms with Crippen molar-refractivity contribution < 1.29 is 9.53 Å². The fourth-order valence-electron chi connectivity index (χ4n) is 3.70. The number of benzene rings is 1. The van der Waals surface area contributed by atoms with Crippen molar-refractivity contribution in [3.63, 3.8) is 0 Å². The Hall–Kier alpha value is -1.65. The molecule has 3 heterocycles. The molecule has 1 amide bonds. The zero-order valence-electron chi connectivity index (χ0n) is 13.1. The van der Waals surface area contributed by atoms with Gasteiger partial charge in [0.05, 0.1) is 18.6 Å². The van der Waals surface area contributed by atoms with Crippen molar-refractivity contribution in [1.82, 2.24) is 4.90 Å². The molecule has 0 bridgehead atoms. The van der Waals surface area contributed by atoms with Crippen LogP contribution in [-0.4, -0.2) is 30.1 Å². The number of carbonyl (C=O) groups excluding carboxylic acids is 1. The van der Waals surface area contributed by atoms with Gasteiger partial charge >= 0.3 is 0 Å². The van der Waals surface area contributed by atoms with Crippen LogP contribution in [0.25, 0.3) is 0 Å². The van der Waals surface area contributed by atoms with Crippen molar-refractivity contribution in [3.8, 4) is 0 Å². The number of amides is 1. The number of hydrogen-bond acceptors (Lipinski definition) is 3. The van der Waals surface area contributed by atoms with E-state index in [1.165, 1.54) is 16.0 Å². The molecule has 1 saturated heterocycles. The maximum Gasteiger partial charge on any atom is 0.225 e. The van der Waals surface area contributed by atoms with Crippen LogP contribution in [0.5, 0.6) is 0 Å². The maximum absolute atomic E-state index is 12.9. The molecule has 3 nitrogen and oxygen atoms in total. The Morgan fingerprint density at radius 3 is 2.91 bits per heavy atom. The smallest absolute Gasteiger partial charge is 0.225 e. The predicted molar refractivity (Wildman–Crippen MR) is 91.6 cm³/mol. The molecule has 2 aliphatic rings. The number of rotatable bonds is 3. The Bertz CT molecular complexity index is 676. The number of fused-ring (bicyclic) bond motifs is 1. The van der Waals surface area contributed by atoms with E-state index in [9.17, 15) is 4.79 Å². The lowest BCUT2D eigenvalue weighted by molar-refractivity contribution is -0.135. The summed E-state index contributed by atoms with van der Waals surface area (Å²) in [6.45, 7) is 1.60. The normalized spacial score (nSPS) is 23.7. The minimum Gasteiger partial charge on any atom is -0.378 e. The fraction of sp³-hybridized carbons (Fsp3) is 0.421. The van der Waals surface area contributed by atoms with Gasteiger partial charge in [-0.15, -0.1) is 11.3 Å². The van der Waals surface area contributed by atoms with Gasteiger partial charge in [0.2, 0.25) is 5.91 Å². The Kier molecular flexibility index (Phi) is 4.19. The molecular weight excluding hydrogens is 306 g/mol. The Balaban J connectivity index is 1.63. The third-order valence-corrected chi connectivity index (χ3v) is 5.82. The van der Waals surface area contributed by atoms with E-state index >= 15 is 0 Å². The molecule has 2 atom stereocenters. The zero-order chi connectivity index (χ0) is 15.6. The quantitative estimate of drug-likeness (QED) is 0.858. The van der Waals surface area contributed by atoms with Gasteiger partial charge in [-0.05, 0) is 41.8 Å². The third kappa shape index (κ3) is 2.93. The van der Waals surface area contributed by atoms with Crippen LogP contribution in [0.3, 0.4) is 0 Å². The van der Waals surface area contributed by atoms with Gasteiger partial charge in [0.25, 0.3) is 0 Å². The van der Waals surface area contributed by atoms with Gasteiger partial charge < -0.3 is 9.64 Å². The van der Waals surface area contributed by atoms with Crippen LogP contribution in [0.1, 0.15) is 41.3 Å². The highest BCUT2D eigenvalue weighted by atomic mass is 32.1. The monoisotopic (exact) mass is 327 g/mol. The lowest BCUT2D eigenvalue weighted by atomic mass is 9.92. The number of ether oxygens (including phenoxy) is 1. The average molecular weight is 327 g/mol. The van der Waals surface area contributed by atoms with Crippen molar-refractivity contribution in [2.75, 3.05) is 13.2 Å². The SMILES string of the molecule is O=C(C[C@@H]1CCCO1)N1CCc2sccc2[C@@H]1c1ccccc1. The fourth-order valence-corrected chi connectivity index (χ4v) is 4.60. The second-order valence-corrected chi connectivity index (χ2v) is 7.29. The van der Waals surface area contributed by atoms with E-state index < -0.39 is 0 Å². The van der Waals surface area contributed by atoms with Crippen LogP contribution in [-0.2, 0) is 16.0 Å². The highest BCUT2D eigenvalue weighted by Crippen LogP contribution is 2.38. The lowest BCUT2D eigenvalue weighted by Crippen LogP contribution is -2.41. The van der Waals surface area contributed by atoms with E-state index in [1.54, 1.807) is 0 Å². The van der Waals surface area contributed by atoms with Gasteiger partial charge in [-0.3, -0.25) is 4.79 Å². The summed E-state index contributed by atoms with van der Waals surface area (Å²) in [6.07, 6.45) is 3.69. The van der Waals surface area contributed by atoms with Crippen LogP contribution in [0.2, 0.25) is 0 Å². The molecule has 4 heteroatoms. The number of thiophene rings is 1. The van der Waals surface area contributed by atoms with Crippen molar-refractivity contribution in [1.29, 1.82) is 0 Å². The van der Waals surface area contributed by atoms with Crippen molar-refractivity contribution in [2.24, 2.45) is 0 Å². The van der Waals surface area contributed by atoms with E-state index in [2.05, 4.69) is 40.6 Å². The molecule has 2 aliphatic heterocycles. The predicted octanol–water partition coefficient (Wildman–Crippen LogP) is 3.79. The molecule has 0 saturated carbocycles. The van der Waals surface area contributed by atoms with Crippen LogP contribution < -0.4 is 0 Å². The maximum atomic E-state index is 12.9. The standard InChI is InChI=1S/C19H21NO2S/c21-18(13-15-7-4-11-22-15)20-10-8-17-16(9-12-23-17)19(20)14-5-2-1-3-6-14/h1-3,5-6,9,12,15,19H,4,7-8,10-11,13H2/t15-,19-/m0/s1. The molecular formula is C19H21NO2S. The summed E-state index contributed by atoms with van der Waals surface area (Å²) in [7, 11) is 0. The van der Waals surface area contributed by atoms with Gasteiger partial charge in [-0.25, -0.2) is 0 Å². The second-order valence-electron chi connectivity index (χ2n) is 6.29. The van der Waals surface area contributed by atoms with Crippen LogP contribution in [0.4, 0.5) is 0 Å². The molecule has 4 rings (SSSR count). The van der Waals surface area contributed by atoms with Crippen molar-refractivity contribution in [3.05, 3.63) is 57.8 Å². The largest absolute Gasteiger partial charge is 0.378 e. The summed E-state index contributed by atoms with van der Waals surface area (Å²) < 4.78 is 5.66. The first-order valence-corrected chi connectivity index (χ1v) is 9.23. The minimum atomic E-state index is 0.0557. The molecule has 0 N–H and O–H groups in total. The molecule has 0 radical (unpaired) electrons. The Morgan fingerprint density at radius 2 is 2.13 bits per heavy atom. The zero-order valence-corrected chi connectivity index (χ0v) is 13.9. The Labute approximate surface area is 140 Å². The summed E-state index contributed by atoms with van der Waals surface area (Å²) in [6, 6.07) is 12.6. The van der Waals surface area contributed by atoms with Crippen LogP contribution in [0, 0.1) is 0 Å². The van der Waals surface area contributed by atoms with Crippen molar-refractivity contribution >= 4 is 17.2 Å². The molecule has 0 unspecified atom stereocenters. The highest BCUT2D eigenvalue weighted by molar-refractivity contribution is 7.10. The summed E-state index contributed by atoms with van der Waals surface area (Å²) >= 11 is 1.81. The van der Waals surface area contributed by atoms with Gasteiger partial charge in [0.15, 0.2) is 0 Å². The number of nitrogens with zero attached hydrogens (tertiary/aromatic N) is 1. The molecule has 0 aliphatic carbocycles. The van der Waals surface area contributed by atoms with Gasteiger partial charge in [-0.2, -0.15) is 0 Å². The summed E-state index contributed by atoms with van der Waals surface area (Å²) in [5.41, 5.74) is 2.50. The minimum absolute atomic E-state index is 0.0557. The highest BCUT2D eigenvalue weighted by Gasteiger charge is 2.34. The van der Waals surface area contributed by atoms with Gasteiger partial charge in [-0.1, -0.05) is 30.3 Å². The molecule has 1 aromatic carbocycles. The summed E-state index contributed by atoms with van der Waals surface area (Å²) in [5.74, 6) is 0.225. The lowest BCUT2D eigenvalue weighted by Gasteiger charge is -2.37. The van der Waals surface area contributed by atoms with Crippen molar-refractivity contribution in [2.45, 2.75) is 37.8 Å². The van der Waals surface area contributed by atoms with Crippen LogP contribution >= 0.6 is 11.3 Å². The van der Waals surface area contributed by atoms with Gasteiger partial charge in [0.1, 0.15) is 0 Å². The van der Waals surface area contributed by atoms with E-state index in [0.29, 0.717) is 6.42 Å². The molecule has 2 aromatic rings. The first-order chi connectivity index (χ1) is 11.3. The average Bonchev–Trinajstić information content (AvgIpc) is 3.25. The van der Waals surface area contributed by atoms with E-state index in [0.717, 1.165) is 32.4 Å². The van der Waals surface area contributed by atoms with Gasteiger partial charge in [0, 0.05) is 18.0 Å². The second kappa shape index (κ2) is 6.46. The van der Waals surface area contributed by atoms with Crippen LogP contribution in [0.15, 0.2) is 41.8 Å². The topological polar surface area (TPSA) is 29.5 Å². The molecule has 23 heavy (non-hydrogen) atoms. The number of carbonyl (C=O) groups is 1. The Morgan fingerprint density at radius 1 is 1.26 bits per heavy atom. The summed E-state index contributed by atoms with van der Waals surface area (Å²) in [4.78, 5) is 16.4. The first kappa shape index (κ1) is 14.9. The van der Waals surface area contributed by atoms with E-state index in [4.69, 9.17) is 4.74 Å². The van der Waals surface area contributed by atoms with E-state index in [1.807, 2.05) is 17.4 Å². The third-order valence-electron chi connectivity index (χ3n) is 4.83. The van der Waals surface area contributed by atoms with E-state index in [-0.39, 0.29) is 18.1 Å². The molecule has 1 fully saturated rings. The summed E-state index contributed by atoms with van der Waals surface area (Å²) in [5, 5.41) is 2.15. The molecule has 0 spiro atoms. The molecule has 1 aromatic heterocycles. The first-order valence-electron chi connectivity index (χ1n) is 8.35.